The minimum absolute atomic E-state index is 0.0173. The summed E-state index contributed by atoms with van der Waals surface area (Å²) in [7, 11) is 1.96. The lowest BCUT2D eigenvalue weighted by Crippen LogP contribution is -2.43. The van der Waals surface area contributed by atoms with Crippen LogP contribution in [0.2, 0.25) is 0 Å². The SMILES string of the molecule is CC(=O)c1csc(C(=O)N2CCOC[C@H]2c2cccn2C)c1. The van der Waals surface area contributed by atoms with Crippen molar-refractivity contribution >= 4 is 23.0 Å². The maximum Gasteiger partial charge on any atom is 0.264 e. The van der Waals surface area contributed by atoms with Crippen molar-refractivity contribution in [3.63, 3.8) is 0 Å². The van der Waals surface area contributed by atoms with E-state index < -0.39 is 0 Å². The summed E-state index contributed by atoms with van der Waals surface area (Å²) in [5.41, 5.74) is 1.65. The van der Waals surface area contributed by atoms with Crippen LogP contribution in [-0.2, 0) is 11.8 Å². The molecule has 0 aliphatic carbocycles. The molecule has 1 fully saturated rings. The molecule has 3 rings (SSSR count). The molecule has 2 aromatic rings. The molecule has 5 nitrogen and oxygen atoms in total. The van der Waals surface area contributed by atoms with Crippen LogP contribution in [0.15, 0.2) is 29.8 Å². The molecule has 1 aliphatic rings. The first-order chi connectivity index (χ1) is 10.6. The van der Waals surface area contributed by atoms with Gasteiger partial charge in [0.25, 0.3) is 5.91 Å². The van der Waals surface area contributed by atoms with Gasteiger partial charge in [0.2, 0.25) is 0 Å². The van der Waals surface area contributed by atoms with Gasteiger partial charge in [-0.25, -0.2) is 0 Å². The number of aryl methyl sites for hydroxylation is 1. The molecule has 0 unspecified atom stereocenters. The van der Waals surface area contributed by atoms with E-state index in [1.807, 2.05) is 34.8 Å². The van der Waals surface area contributed by atoms with Crippen LogP contribution in [0.3, 0.4) is 0 Å². The lowest BCUT2D eigenvalue weighted by molar-refractivity contribution is -0.00437. The Morgan fingerprint density at radius 3 is 2.86 bits per heavy atom. The van der Waals surface area contributed by atoms with Gasteiger partial charge in [-0.05, 0) is 25.1 Å². The number of ketones is 1. The summed E-state index contributed by atoms with van der Waals surface area (Å²) in [6.07, 6.45) is 1.96. The summed E-state index contributed by atoms with van der Waals surface area (Å²) in [6, 6.07) is 5.57. The third kappa shape index (κ3) is 2.71. The molecule has 0 N–H and O–H groups in total. The van der Waals surface area contributed by atoms with Gasteiger partial charge in [0, 0.05) is 36.4 Å². The van der Waals surface area contributed by atoms with Crippen LogP contribution in [0.1, 0.15) is 38.7 Å². The number of rotatable bonds is 3. The smallest absolute Gasteiger partial charge is 0.264 e. The van der Waals surface area contributed by atoms with Gasteiger partial charge < -0.3 is 14.2 Å². The number of Topliss-reactive ketones (excluding diaryl/α,β-unsaturated/α-hetero) is 1. The zero-order chi connectivity index (χ0) is 15.7. The molecule has 0 radical (unpaired) electrons. The lowest BCUT2D eigenvalue weighted by Gasteiger charge is -2.35. The highest BCUT2D eigenvalue weighted by Crippen LogP contribution is 2.28. The average molecular weight is 318 g/mol. The first kappa shape index (κ1) is 15.0. The van der Waals surface area contributed by atoms with E-state index in [0.717, 1.165) is 5.69 Å². The van der Waals surface area contributed by atoms with Crippen molar-refractivity contribution in [1.29, 1.82) is 0 Å². The van der Waals surface area contributed by atoms with Crippen LogP contribution in [-0.4, -0.2) is 40.9 Å². The van der Waals surface area contributed by atoms with Gasteiger partial charge in [-0.2, -0.15) is 0 Å². The Kier molecular flexibility index (Phi) is 4.13. The maximum absolute atomic E-state index is 12.8. The molecule has 0 aromatic carbocycles. The van der Waals surface area contributed by atoms with Gasteiger partial charge in [0.1, 0.15) is 0 Å². The van der Waals surface area contributed by atoms with Gasteiger partial charge >= 0.3 is 0 Å². The number of nitrogens with zero attached hydrogens (tertiary/aromatic N) is 2. The molecule has 1 aliphatic heterocycles. The fourth-order valence-corrected chi connectivity index (χ4v) is 3.59. The number of amides is 1. The molecule has 116 valence electrons. The molecule has 22 heavy (non-hydrogen) atoms. The Labute approximate surface area is 133 Å². The Morgan fingerprint density at radius 1 is 1.41 bits per heavy atom. The highest BCUT2D eigenvalue weighted by Gasteiger charge is 2.31. The van der Waals surface area contributed by atoms with Crippen molar-refractivity contribution in [3.8, 4) is 0 Å². The Hall–Kier alpha value is -1.92. The Bertz CT molecular complexity index is 704. The lowest BCUT2D eigenvalue weighted by atomic mass is 10.1. The van der Waals surface area contributed by atoms with Crippen LogP contribution in [0, 0.1) is 0 Å². The second-order valence-corrected chi connectivity index (χ2v) is 6.30. The van der Waals surface area contributed by atoms with Crippen molar-refractivity contribution in [2.45, 2.75) is 13.0 Å². The molecule has 0 saturated carbocycles. The van der Waals surface area contributed by atoms with Crippen molar-refractivity contribution in [3.05, 3.63) is 45.9 Å². The number of ether oxygens (including phenoxy) is 1. The second kappa shape index (κ2) is 6.06. The predicted octanol–water partition coefficient (Wildman–Crippen LogP) is 2.50. The third-order valence-corrected chi connectivity index (χ3v) is 4.85. The summed E-state index contributed by atoms with van der Waals surface area (Å²) >= 11 is 1.32. The van der Waals surface area contributed by atoms with E-state index in [1.165, 1.54) is 18.3 Å². The summed E-state index contributed by atoms with van der Waals surface area (Å²) < 4.78 is 7.57. The third-order valence-electron chi connectivity index (χ3n) is 3.93. The van der Waals surface area contributed by atoms with Crippen LogP contribution in [0.4, 0.5) is 0 Å². The molecule has 3 heterocycles. The Morgan fingerprint density at radius 2 is 2.23 bits per heavy atom. The number of carbonyl (C=O) groups is 2. The first-order valence-corrected chi connectivity index (χ1v) is 8.05. The molecular formula is C16H18N2O3S. The summed E-state index contributed by atoms with van der Waals surface area (Å²) in [4.78, 5) is 26.7. The molecule has 6 heteroatoms. The van der Waals surface area contributed by atoms with E-state index in [-0.39, 0.29) is 17.7 Å². The molecule has 0 spiro atoms. The average Bonchev–Trinajstić information content (AvgIpc) is 3.15. The van der Waals surface area contributed by atoms with E-state index in [2.05, 4.69) is 0 Å². The highest BCUT2D eigenvalue weighted by atomic mass is 32.1. The maximum atomic E-state index is 12.8. The standard InChI is InChI=1S/C16H18N2O3S/c1-11(19)12-8-15(22-10-12)16(20)18-6-7-21-9-14(18)13-4-3-5-17(13)2/h3-5,8,10,14H,6-7,9H2,1-2H3/t14-/m0/s1. The molecule has 2 aromatic heterocycles. The molecule has 1 amide bonds. The summed E-state index contributed by atoms with van der Waals surface area (Å²) in [6.45, 7) is 3.10. The number of morpholine rings is 1. The minimum atomic E-state index is -0.0934. The minimum Gasteiger partial charge on any atom is -0.377 e. The van der Waals surface area contributed by atoms with E-state index >= 15 is 0 Å². The normalized spacial score (nSPS) is 18.5. The number of hydrogen-bond acceptors (Lipinski definition) is 4. The number of hydrogen-bond donors (Lipinski definition) is 0. The van der Waals surface area contributed by atoms with Gasteiger partial charge in [-0.15, -0.1) is 11.3 Å². The Balaban J connectivity index is 1.88. The van der Waals surface area contributed by atoms with Gasteiger partial charge in [0.05, 0.1) is 24.1 Å². The van der Waals surface area contributed by atoms with Crippen molar-refractivity contribution < 1.29 is 14.3 Å². The van der Waals surface area contributed by atoms with Gasteiger partial charge in [-0.3, -0.25) is 9.59 Å². The van der Waals surface area contributed by atoms with E-state index in [4.69, 9.17) is 4.74 Å². The summed E-state index contributed by atoms with van der Waals surface area (Å²) in [5.74, 6) is -0.0525. The van der Waals surface area contributed by atoms with Crippen LogP contribution in [0.5, 0.6) is 0 Å². The molecule has 0 bridgehead atoms. The van der Waals surface area contributed by atoms with Crippen molar-refractivity contribution in [2.24, 2.45) is 7.05 Å². The van der Waals surface area contributed by atoms with Crippen LogP contribution in [0.25, 0.3) is 0 Å². The number of carbonyl (C=O) groups excluding carboxylic acids is 2. The second-order valence-electron chi connectivity index (χ2n) is 5.39. The van der Waals surface area contributed by atoms with E-state index in [0.29, 0.717) is 30.2 Å². The zero-order valence-electron chi connectivity index (χ0n) is 12.6. The van der Waals surface area contributed by atoms with Crippen LogP contribution >= 0.6 is 11.3 Å². The fourth-order valence-electron chi connectivity index (χ4n) is 2.69. The number of thiophene rings is 1. The first-order valence-electron chi connectivity index (χ1n) is 7.17. The number of aromatic nitrogens is 1. The van der Waals surface area contributed by atoms with E-state index in [1.54, 1.807) is 11.4 Å². The van der Waals surface area contributed by atoms with Crippen LogP contribution < -0.4 is 0 Å². The zero-order valence-corrected chi connectivity index (χ0v) is 13.4. The quantitative estimate of drug-likeness (QED) is 0.817. The largest absolute Gasteiger partial charge is 0.377 e. The predicted molar refractivity (Wildman–Crippen MR) is 84.3 cm³/mol. The van der Waals surface area contributed by atoms with Gasteiger partial charge in [0.15, 0.2) is 5.78 Å². The topological polar surface area (TPSA) is 51.5 Å². The molecular weight excluding hydrogens is 300 g/mol. The monoisotopic (exact) mass is 318 g/mol. The molecule has 1 atom stereocenters. The summed E-state index contributed by atoms with van der Waals surface area (Å²) in [5, 5.41) is 1.74. The molecule has 1 saturated heterocycles. The van der Waals surface area contributed by atoms with E-state index in [9.17, 15) is 9.59 Å². The highest BCUT2D eigenvalue weighted by molar-refractivity contribution is 7.12. The fraction of sp³-hybridized carbons (Fsp3) is 0.375. The van der Waals surface area contributed by atoms with Crippen molar-refractivity contribution in [1.82, 2.24) is 9.47 Å². The van der Waals surface area contributed by atoms with Crippen molar-refractivity contribution in [2.75, 3.05) is 19.8 Å². The van der Waals surface area contributed by atoms with Gasteiger partial charge in [-0.1, -0.05) is 0 Å².